The van der Waals surface area contributed by atoms with Gasteiger partial charge in [0.1, 0.15) is 29.6 Å². The van der Waals surface area contributed by atoms with Crippen LogP contribution in [0.5, 0.6) is 0 Å². The maximum atomic E-state index is 13.3. The molecule has 0 unspecified atom stereocenters. The van der Waals surface area contributed by atoms with E-state index < -0.39 is 41.4 Å². The number of rotatable bonds is 4. The van der Waals surface area contributed by atoms with Gasteiger partial charge in [0.15, 0.2) is 0 Å². The third kappa shape index (κ3) is 3.85. The predicted octanol–water partition coefficient (Wildman–Crippen LogP) is 3.07. The molecule has 0 heterocycles. The molecule has 0 atom stereocenters. The van der Waals surface area contributed by atoms with Crippen molar-refractivity contribution in [3.63, 3.8) is 0 Å². The van der Waals surface area contributed by atoms with Crippen molar-refractivity contribution in [2.45, 2.75) is 6.42 Å². The van der Waals surface area contributed by atoms with Crippen LogP contribution in [0.2, 0.25) is 0 Å². The number of nitrogens with one attached hydrogen (secondary N) is 2. The number of benzene rings is 2. The number of amides is 2. The van der Waals surface area contributed by atoms with Gasteiger partial charge >= 0.3 is 0 Å². The smallest absolute Gasteiger partial charge is 0.233 e. The molecule has 114 valence electrons. The summed E-state index contributed by atoms with van der Waals surface area (Å²) in [6, 6.07) is 8.50. The first kappa shape index (κ1) is 15.6. The van der Waals surface area contributed by atoms with E-state index in [0.29, 0.717) is 0 Å². The van der Waals surface area contributed by atoms with Crippen molar-refractivity contribution in [1.82, 2.24) is 0 Å². The maximum Gasteiger partial charge on any atom is 0.233 e. The molecular weight excluding hydrogens is 297 g/mol. The number of hydrogen-bond acceptors (Lipinski definition) is 2. The second-order valence-corrected chi connectivity index (χ2v) is 4.35. The molecule has 0 radical (unpaired) electrons. The molecule has 2 rings (SSSR count). The average molecular weight is 308 g/mol. The molecule has 0 saturated carbocycles. The first-order valence-electron chi connectivity index (χ1n) is 6.25. The molecule has 0 saturated heterocycles. The molecule has 0 aliphatic rings. The fraction of sp³-hybridized carbons (Fsp3) is 0.0667. The topological polar surface area (TPSA) is 58.2 Å². The third-order valence-electron chi connectivity index (χ3n) is 2.70. The van der Waals surface area contributed by atoms with Gasteiger partial charge in [-0.3, -0.25) is 9.59 Å². The summed E-state index contributed by atoms with van der Waals surface area (Å²) < 4.78 is 40.0. The number of carbonyl (C=O) groups is 2. The summed E-state index contributed by atoms with van der Waals surface area (Å²) in [5.74, 6) is -4.29. The minimum atomic E-state index is -0.956. The maximum absolute atomic E-state index is 13.3. The van der Waals surface area contributed by atoms with Crippen LogP contribution in [0.3, 0.4) is 0 Å². The van der Waals surface area contributed by atoms with Crippen LogP contribution in [0.25, 0.3) is 0 Å². The van der Waals surface area contributed by atoms with E-state index in [1.165, 1.54) is 18.2 Å². The van der Waals surface area contributed by atoms with Gasteiger partial charge in [0, 0.05) is 0 Å². The summed E-state index contributed by atoms with van der Waals surface area (Å²) in [6.45, 7) is 0. The van der Waals surface area contributed by atoms with Crippen molar-refractivity contribution in [1.29, 1.82) is 0 Å². The molecule has 2 N–H and O–H groups in total. The van der Waals surface area contributed by atoms with Crippen molar-refractivity contribution in [3.8, 4) is 0 Å². The number of carbonyl (C=O) groups excluding carboxylic acids is 2. The summed E-state index contributed by atoms with van der Waals surface area (Å²) in [5, 5.41) is 4.16. The van der Waals surface area contributed by atoms with E-state index in [9.17, 15) is 22.8 Å². The van der Waals surface area contributed by atoms with Crippen LogP contribution in [-0.4, -0.2) is 11.8 Å². The third-order valence-corrected chi connectivity index (χ3v) is 2.70. The van der Waals surface area contributed by atoms with E-state index >= 15 is 0 Å². The van der Waals surface area contributed by atoms with Gasteiger partial charge in [-0.05, 0) is 24.3 Å². The first-order chi connectivity index (χ1) is 10.5. The number of para-hydroxylation sites is 2. The highest BCUT2D eigenvalue weighted by Crippen LogP contribution is 2.18. The Hall–Kier alpha value is -2.83. The predicted molar refractivity (Wildman–Crippen MR) is 74.6 cm³/mol. The fourth-order valence-electron chi connectivity index (χ4n) is 1.70. The van der Waals surface area contributed by atoms with E-state index in [1.54, 1.807) is 0 Å². The Bertz CT molecular complexity index is 699. The zero-order valence-corrected chi connectivity index (χ0v) is 11.2. The van der Waals surface area contributed by atoms with Crippen molar-refractivity contribution in [2.75, 3.05) is 10.6 Å². The van der Waals surface area contributed by atoms with Crippen LogP contribution < -0.4 is 10.6 Å². The van der Waals surface area contributed by atoms with Gasteiger partial charge < -0.3 is 10.6 Å². The second-order valence-electron chi connectivity index (χ2n) is 4.35. The van der Waals surface area contributed by atoms with E-state index in [2.05, 4.69) is 5.32 Å². The number of halogens is 3. The summed E-state index contributed by atoms with van der Waals surface area (Å²) in [4.78, 5) is 23.2. The quantitative estimate of drug-likeness (QED) is 0.853. The molecular formula is C15H11F3N2O2. The van der Waals surface area contributed by atoms with Gasteiger partial charge in [0.2, 0.25) is 11.8 Å². The van der Waals surface area contributed by atoms with E-state index in [-0.39, 0.29) is 5.69 Å². The molecule has 22 heavy (non-hydrogen) atoms. The van der Waals surface area contributed by atoms with Crippen LogP contribution in [0.4, 0.5) is 24.5 Å². The Morgan fingerprint density at radius 1 is 0.773 bits per heavy atom. The molecule has 0 aromatic heterocycles. The molecule has 0 aliphatic heterocycles. The largest absolute Gasteiger partial charge is 0.323 e. The molecule has 2 aromatic rings. The number of anilines is 2. The Kier molecular flexibility index (Phi) is 4.77. The highest BCUT2D eigenvalue weighted by atomic mass is 19.1. The van der Waals surface area contributed by atoms with Gasteiger partial charge in [-0.25, -0.2) is 13.2 Å². The molecule has 0 spiro atoms. The van der Waals surface area contributed by atoms with Gasteiger partial charge in [-0.2, -0.15) is 0 Å². The molecule has 0 fully saturated rings. The lowest BCUT2D eigenvalue weighted by atomic mass is 10.2. The van der Waals surface area contributed by atoms with Gasteiger partial charge in [0.05, 0.1) is 5.69 Å². The van der Waals surface area contributed by atoms with Crippen molar-refractivity contribution >= 4 is 23.2 Å². The zero-order valence-electron chi connectivity index (χ0n) is 11.2. The second kappa shape index (κ2) is 6.75. The Balaban J connectivity index is 1.98. The molecule has 0 bridgehead atoms. The first-order valence-corrected chi connectivity index (χ1v) is 6.25. The van der Waals surface area contributed by atoms with Crippen molar-refractivity contribution in [2.24, 2.45) is 0 Å². The Morgan fingerprint density at radius 3 is 1.95 bits per heavy atom. The summed E-state index contributed by atoms with van der Waals surface area (Å²) in [5.41, 5.74) is -0.719. The lowest BCUT2D eigenvalue weighted by Crippen LogP contribution is -2.22. The highest BCUT2D eigenvalue weighted by molar-refractivity contribution is 6.08. The zero-order chi connectivity index (χ0) is 16.1. The highest BCUT2D eigenvalue weighted by Gasteiger charge is 2.15. The molecule has 7 heteroatoms. The van der Waals surface area contributed by atoms with Crippen LogP contribution in [-0.2, 0) is 9.59 Å². The van der Waals surface area contributed by atoms with Gasteiger partial charge in [0.25, 0.3) is 0 Å². The van der Waals surface area contributed by atoms with Crippen LogP contribution in [0.1, 0.15) is 6.42 Å². The summed E-state index contributed by atoms with van der Waals surface area (Å²) in [7, 11) is 0. The Morgan fingerprint density at radius 2 is 1.32 bits per heavy atom. The van der Waals surface area contributed by atoms with Crippen LogP contribution in [0.15, 0.2) is 42.5 Å². The van der Waals surface area contributed by atoms with Crippen molar-refractivity contribution < 1.29 is 22.8 Å². The van der Waals surface area contributed by atoms with Crippen LogP contribution >= 0.6 is 0 Å². The summed E-state index contributed by atoms with van der Waals surface area (Å²) in [6.07, 6.45) is -0.706. The lowest BCUT2D eigenvalue weighted by molar-refractivity contribution is -0.123. The monoisotopic (exact) mass is 308 g/mol. The van der Waals surface area contributed by atoms with E-state index in [0.717, 1.165) is 24.3 Å². The average Bonchev–Trinajstić information content (AvgIpc) is 2.45. The fourth-order valence-corrected chi connectivity index (χ4v) is 1.70. The van der Waals surface area contributed by atoms with E-state index in [1.807, 2.05) is 5.32 Å². The van der Waals surface area contributed by atoms with Crippen LogP contribution in [0, 0.1) is 17.5 Å². The van der Waals surface area contributed by atoms with Crippen molar-refractivity contribution in [3.05, 3.63) is 59.9 Å². The molecule has 2 amide bonds. The Labute approximate surface area is 124 Å². The molecule has 4 nitrogen and oxygen atoms in total. The molecule has 0 aliphatic carbocycles. The van der Waals surface area contributed by atoms with E-state index in [4.69, 9.17) is 0 Å². The normalized spacial score (nSPS) is 10.1. The minimum absolute atomic E-state index is 0.0858. The SMILES string of the molecule is O=C(CC(=O)Nc1c(F)cccc1F)Nc1ccccc1F. The standard InChI is InChI=1S/C15H11F3N2O2/c16-9-4-1-2-7-12(9)19-13(21)8-14(22)20-15-10(17)5-3-6-11(15)18/h1-7H,8H2,(H,19,21)(H,20,22). The molecule has 2 aromatic carbocycles. The number of hydrogen-bond donors (Lipinski definition) is 2. The summed E-state index contributed by atoms with van der Waals surface area (Å²) >= 11 is 0. The van der Waals surface area contributed by atoms with Gasteiger partial charge in [-0.1, -0.05) is 18.2 Å². The minimum Gasteiger partial charge on any atom is -0.323 e. The lowest BCUT2D eigenvalue weighted by Gasteiger charge is -2.08. The van der Waals surface area contributed by atoms with Gasteiger partial charge in [-0.15, -0.1) is 0 Å².